The largest absolute Gasteiger partial charge is 0.493 e. The first-order valence-electron chi connectivity index (χ1n) is 6.69. The van der Waals surface area contributed by atoms with Gasteiger partial charge in [0.25, 0.3) is 0 Å². The van der Waals surface area contributed by atoms with Crippen molar-refractivity contribution in [3.63, 3.8) is 0 Å². The minimum Gasteiger partial charge on any atom is -0.493 e. The lowest BCUT2D eigenvalue weighted by Gasteiger charge is -2.14. The van der Waals surface area contributed by atoms with Crippen LogP contribution in [-0.4, -0.2) is 6.61 Å². The zero-order valence-electron chi connectivity index (χ0n) is 11.6. The Morgan fingerprint density at radius 1 is 1.11 bits per heavy atom. The number of benzene rings is 2. The van der Waals surface area contributed by atoms with E-state index in [1.807, 2.05) is 13.0 Å². The molecule has 1 unspecified atom stereocenters. The van der Waals surface area contributed by atoms with Gasteiger partial charge in [0.15, 0.2) is 0 Å². The van der Waals surface area contributed by atoms with Crippen LogP contribution in [0, 0.1) is 6.92 Å². The molecule has 0 bridgehead atoms. The van der Waals surface area contributed by atoms with Gasteiger partial charge in [-0.25, -0.2) is 0 Å². The van der Waals surface area contributed by atoms with Crippen molar-refractivity contribution in [2.45, 2.75) is 26.3 Å². The van der Waals surface area contributed by atoms with Crippen LogP contribution in [0.4, 0.5) is 0 Å². The minimum atomic E-state index is -0.00711. The summed E-state index contributed by atoms with van der Waals surface area (Å²) >= 11 is 0. The van der Waals surface area contributed by atoms with Crippen LogP contribution in [0.25, 0.3) is 0 Å². The molecule has 0 saturated heterocycles. The van der Waals surface area contributed by atoms with Gasteiger partial charge in [-0.1, -0.05) is 42.5 Å². The first kappa shape index (κ1) is 13.6. The van der Waals surface area contributed by atoms with E-state index in [0.29, 0.717) is 6.61 Å². The number of aryl methyl sites for hydroxylation is 1. The molecule has 2 heteroatoms. The van der Waals surface area contributed by atoms with Crippen molar-refractivity contribution in [3.05, 3.63) is 65.2 Å². The van der Waals surface area contributed by atoms with Crippen molar-refractivity contribution in [2.75, 3.05) is 6.61 Å². The van der Waals surface area contributed by atoms with Gasteiger partial charge in [-0.2, -0.15) is 0 Å². The maximum Gasteiger partial charge on any atom is 0.124 e. The SMILES string of the molecule is Cc1ccc(C(C)N)c(OCCc2ccccc2)c1. The molecule has 2 aromatic rings. The van der Waals surface area contributed by atoms with Gasteiger partial charge in [-0.15, -0.1) is 0 Å². The van der Waals surface area contributed by atoms with Crippen LogP contribution < -0.4 is 10.5 Å². The number of ether oxygens (including phenoxy) is 1. The lowest BCUT2D eigenvalue weighted by atomic mass is 10.1. The van der Waals surface area contributed by atoms with Gasteiger partial charge in [-0.3, -0.25) is 0 Å². The molecule has 0 radical (unpaired) electrons. The van der Waals surface area contributed by atoms with E-state index in [-0.39, 0.29) is 6.04 Å². The van der Waals surface area contributed by atoms with Gasteiger partial charge >= 0.3 is 0 Å². The third-order valence-corrected chi connectivity index (χ3v) is 3.15. The quantitative estimate of drug-likeness (QED) is 0.885. The molecule has 19 heavy (non-hydrogen) atoms. The lowest BCUT2D eigenvalue weighted by Crippen LogP contribution is -2.09. The van der Waals surface area contributed by atoms with Crippen molar-refractivity contribution in [1.82, 2.24) is 0 Å². The average Bonchev–Trinajstić information content (AvgIpc) is 2.39. The zero-order valence-corrected chi connectivity index (χ0v) is 11.6. The van der Waals surface area contributed by atoms with Gasteiger partial charge < -0.3 is 10.5 Å². The van der Waals surface area contributed by atoms with E-state index in [1.165, 1.54) is 11.1 Å². The van der Waals surface area contributed by atoms with E-state index in [1.54, 1.807) is 0 Å². The van der Waals surface area contributed by atoms with Crippen molar-refractivity contribution < 1.29 is 4.74 Å². The predicted molar refractivity (Wildman–Crippen MR) is 79.4 cm³/mol. The summed E-state index contributed by atoms with van der Waals surface area (Å²) in [4.78, 5) is 0. The number of nitrogens with two attached hydrogens (primary N) is 1. The second kappa shape index (κ2) is 6.39. The highest BCUT2D eigenvalue weighted by atomic mass is 16.5. The van der Waals surface area contributed by atoms with E-state index >= 15 is 0 Å². The summed E-state index contributed by atoms with van der Waals surface area (Å²) in [6.45, 7) is 4.72. The van der Waals surface area contributed by atoms with E-state index in [4.69, 9.17) is 10.5 Å². The molecule has 0 aliphatic rings. The fourth-order valence-electron chi connectivity index (χ4n) is 2.07. The first-order chi connectivity index (χ1) is 9.16. The smallest absolute Gasteiger partial charge is 0.124 e. The second-order valence-electron chi connectivity index (χ2n) is 4.91. The number of hydrogen-bond donors (Lipinski definition) is 1. The average molecular weight is 255 g/mol. The fourth-order valence-corrected chi connectivity index (χ4v) is 2.07. The third kappa shape index (κ3) is 3.83. The number of hydrogen-bond acceptors (Lipinski definition) is 2. The molecule has 0 heterocycles. The Kier molecular flexibility index (Phi) is 4.58. The molecule has 0 saturated carbocycles. The van der Waals surface area contributed by atoms with Crippen molar-refractivity contribution in [1.29, 1.82) is 0 Å². The number of rotatable bonds is 5. The molecule has 2 rings (SSSR count). The molecule has 2 aromatic carbocycles. The fraction of sp³-hybridized carbons (Fsp3) is 0.294. The van der Waals surface area contributed by atoms with Gasteiger partial charge in [0.2, 0.25) is 0 Å². The summed E-state index contributed by atoms with van der Waals surface area (Å²) in [7, 11) is 0. The summed E-state index contributed by atoms with van der Waals surface area (Å²) in [5, 5.41) is 0. The van der Waals surface area contributed by atoms with Gasteiger partial charge in [-0.05, 0) is 31.0 Å². The normalized spacial score (nSPS) is 12.2. The minimum absolute atomic E-state index is 0.00711. The maximum absolute atomic E-state index is 5.97. The van der Waals surface area contributed by atoms with E-state index in [0.717, 1.165) is 17.7 Å². The van der Waals surface area contributed by atoms with Crippen molar-refractivity contribution >= 4 is 0 Å². The topological polar surface area (TPSA) is 35.2 Å². The van der Waals surface area contributed by atoms with Gasteiger partial charge in [0.1, 0.15) is 5.75 Å². The van der Waals surface area contributed by atoms with Crippen molar-refractivity contribution in [3.8, 4) is 5.75 Å². The molecule has 0 aliphatic carbocycles. The summed E-state index contributed by atoms with van der Waals surface area (Å²) in [5.41, 5.74) is 9.52. The van der Waals surface area contributed by atoms with Crippen molar-refractivity contribution in [2.24, 2.45) is 5.73 Å². The Hall–Kier alpha value is -1.80. The second-order valence-corrected chi connectivity index (χ2v) is 4.91. The van der Waals surface area contributed by atoms with E-state index < -0.39 is 0 Å². The Labute approximate surface area is 115 Å². The molecular weight excluding hydrogens is 234 g/mol. The summed E-state index contributed by atoms with van der Waals surface area (Å²) in [5.74, 6) is 0.908. The first-order valence-corrected chi connectivity index (χ1v) is 6.69. The monoisotopic (exact) mass is 255 g/mol. The molecule has 0 amide bonds. The summed E-state index contributed by atoms with van der Waals surface area (Å²) in [6.07, 6.45) is 0.910. The van der Waals surface area contributed by atoms with E-state index in [2.05, 4.69) is 49.4 Å². The van der Waals surface area contributed by atoms with Gasteiger partial charge in [0.05, 0.1) is 6.61 Å². The predicted octanol–water partition coefficient (Wildman–Crippen LogP) is 3.64. The molecule has 2 nitrogen and oxygen atoms in total. The molecular formula is C17H21NO. The van der Waals surface area contributed by atoms with Crippen LogP contribution in [0.3, 0.4) is 0 Å². The van der Waals surface area contributed by atoms with Crippen LogP contribution in [0.2, 0.25) is 0 Å². The Bertz CT molecular complexity index is 520. The van der Waals surface area contributed by atoms with Gasteiger partial charge in [0, 0.05) is 18.0 Å². The van der Waals surface area contributed by atoms with Crippen LogP contribution >= 0.6 is 0 Å². The highest BCUT2D eigenvalue weighted by Crippen LogP contribution is 2.25. The van der Waals surface area contributed by atoms with Crippen LogP contribution in [0.5, 0.6) is 5.75 Å². The molecule has 0 aliphatic heterocycles. The molecule has 2 N–H and O–H groups in total. The van der Waals surface area contributed by atoms with Crippen LogP contribution in [-0.2, 0) is 6.42 Å². The Morgan fingerprint density at radius 2 is 1.84 bits per heavy atom. The molecule has 0 spiro atoms. The summed E-state index contributed by atoms with van der Waals surface area (Å²) in [6, 6.07) is 16.5. The maximum atomic E-state index is 5.97. The molecule has 1 atom stereocenters. The molecule has 100 valence electrons. The third-order valence-electron chi connectivity index (χ3n) is 3.15. The van der Waals surface area contributed by atoms with Crippen LogP contribution in [0.15, 0.2) is 48.5 Å². The summed E-state index contributed by atoms with van der Waals surface area (Å²) < 4.78 is 5.90. The highest BCUT2D eigenvalue weighted by Gasteiger charge is 2.08. The van der Waals surface area contributed by atoms with E-state index in [9.17, 15) is 0 Å². The Balaban J connectivity index is 2.01. The Morgan fingerprint density at radius 3 is 2.53 bits per heavy atom. The van der Waals surface area contributed by atoms with Crippen LogP contribution in [0.1, 0.15) is 29.7 Å². The lowest BCUT2D eigenvalue weighted by molar-refractivity contribution is 0.317. The highest BCUT2D eigenvalue weighted by molar-refractivity contribution is 5.39. The molecule has 0 aromatic heterocycles. The standard InChI is InChI=1S/C17H21NO/c1-13-8-9-16(14(2)18)17(12-13)19-11-10-15-6-4-3-5-7-15/h3-9,12,14H,10-11,18H2,1-2H3. The zero-order chi connectivity index (χ0) is 13.7. The molecule has 0 fully saturated rings.